The van der Waals surface area contributed by atoms with E-state index in [2.05, 4.69) is 4.42 Å². The van der Waals surface area contributed by atoms with E-state index < -0.39 is 28.7 Å². The number of nitriles is 1. The summed E-state index contributed by atoms with van der Waals surface area (Å²) in [5.41, 5.74) is -1.57. The second-order valence-corrected chi connectivity index (χ2v) is 3.45. The summed E-state index contributed by atoms with van der Waals surface area (Å²) >= 11 is 0. The molecule has 0 aliphatic heterocycles. The van der Waals surface area contributed by atoms with Crippen LogP contribution in [0.15, 0.2) is 27.4 Å². The molecule has 7 heteroatoms. The van der Waals surface area contributed by atoms with E-state index in [1.807, 2.05) is 0 Å². The number of phenolic OH excluding ortho intramolecular Hbond substituents is 1. The van der Waals surface area contributed by atoms with Crippen LogP contribution >= 0.6 is 0 Å². The first-order valence-corrected chi connectivity index (χ1v) is 4.61. The van der Waals surface area contributed by atoms with Crippen LogP contribution in [-0.4, -0.2) is 5.11 Å². The minimum atomic E-state index is -4.79. The van der Waals surface area contributed by atoms with E-state index >= 15 is 0 Å². The Hall–Kier alpha value is -2.49. The summed E-state index contributed by atoms with van der Waals surface area (Å²) in [7, 11) is 0. The van der Waals surface area contributed by atoms with Gasteiger partial charge in [-0.25, -0.2) is 0 Å². The molecule has 1 heterocycles. The number of benzene rings is 1. The fourth-order valence-electron chi connectivity index (χ4n) is 1.42. The van der Waals surface area contributed by atoms with Crippen LogP contribution in [0, 0.1) is 11.3 Å². The van der Waals surface area contributed by atoms with Crippen LogP contribution in [0.3, 0.4) is 0 Å². The average Bonchev–Trinajstić information content (AvgIpc) is 2.26. The van der Waals surface area contributed by atoms with Crippen molar-refractivity contribution in [1.29, 1.82) is 5.26 Å². The molecule has 0 saturated carbocycles. The molecule has 4 nitrogen and oxygen atoms in total. The molecule has 0 atom stereocenters. The van der Waals surface area contributed by atoms with Gasteiger partial charge >= 0.3 is 6.18 Å². The van der Waals surface area contributed by atoms with E-state index in [1.54, 1.807) is 6.07 Å². The maximum Gasteiger partial charge on any atom is 0.449 e. The highest BCUT2D eigenvalue weighted by molar-refractivity contribution is 5.80. The number of nitrogens with zero attached hydrogens (tertiary/aromatic N) is 1. The van der Waals surface area contributed by atoms with Gasteiger partial charge in [-0.05, 0) is 6.07 Å². The number of halogens is 3. The molecule has 0 saturated heterocycles. The first kappa shape index (κ1) is 12.0. The van der Waals surface area contributed by atoms with E-state index in [4.69, 9.17) is 5.26 Å². The Labute approximate surface area is 97.5 Å². The zero-order chi connectivity index (χ0) is 13.5. The molecular weight excluding hydrogens is 251 g/mol. The zero-order valence-corrected chi connectivity index (χ0v) is 8.58. The van der Waals surface area contributed by atoms with Gasteiger partial charge in [0.05, 0.1) is 10.9 Å². The number of alkyl halides is 3. The second-order valence-electron chi connectivity index (χ2n) is 3.45. The van der Waals surface area contributed by atoms with E-state index in [1.165, 1.54) is 0 Å². The maximum atomic E-state index is 12.4. The number of fused-ring (bicyclic) bond motifs is 1. The van der Waals surface area contributed by atoms with Crippen LogP contribution in [0.2, 0.25) is 0 Å². The third-order valence-corrected chi connectivity index (χ3v) is 2.25. The lowest BCUT2D eigenvalue weighted by Crippen LogP contribution is -2.10. The molecule has 0 amide bonds. The largest absolute Gasteiger partial charge is 0.506 e. The number of phenols is 1. The van der Waals surface area contributed by atoms with E-state index in [0.717, 1.165) is 12.1 Å². The molecule has 0 fully saturated rings. The van der Waals surface area contributed by atoms with Crippen molar-refractivity contribution >= 4 is 11.0 Å². The fourth-order valence-corrected chi connectivity index (χ4v) is 1.42. The maximum absolute atomic E-state index is 12.4. The minimum absolute atomic E-state index is 0.197. The van der Waals surface area contributed by atoms with Crippen LogP contribution in [0.25, 0.3) is 11.0 Å². The Balaban J connectivity index is 2.84. The smallest absolute Gasteiger partial charge is 0.449 e. The van der Waals surface area contributed by atoms with Gasteiger partial charge in [-0.1, -0.05) is 0 Å². The van der Waals surface area contributed by atoms with Crippen molar-refractivity contribution in [2.45, 2.75) is 6.18 Å². The molecule has 18 heavy (non-hydrogen) atoms. The standard InChI is InChI=1S/C11H4F3NO3/c12-11(13,14)10-3-8(17)6-1-5(4-15)7(16)2-9(6)18-10/h1-3,16H. The second kappa shape index (κ2) is 3.77. The first-order chi connectivity index (χ1) is 8.32. The van der Waals surface area contributed by atoms with Gasteiger partial charge in [0.15, 0.2) is 5.43 Å². The summed E-state index contributed by atoms with van der Waals surface area (Å²) in [6, 6.07) is 3.71. The SMILES string of the molecule is N#Cc1cc2c(=O)cc(C(F)(F)F)oc2cc1O. The van der Waals surface area contributed by atoms with Gasteiger partial charge in [-0.3, -0.25) is 4.79 Å². The molecule has 0 radical (unpaired) electrons. The van der Waals surface area contributed by atoms with Gasteiger partial charge in [-0.2, -0.15) is 18.4 Å². The van der Waals surface area contributed by atoms with Gasteiger partial charge in [0.25, 0.3) is 0 Å². The van der Waals surface area contributed by atoms with Crippen molar-refractivity contribution in [3.05, 3.63) is 39.7 Å². The third-order valence-electron chi connectivity index (χ3n) is 2.25. The highest BCUT2D eigenvalue weighted by atomic mass is 19.4. The molecule has 0 bridgehead atoms. The molecular formula is C11H4F3NO3. The van der Waals surface area contributed by atoms with Crippen molar-refractivity contribution in [2.24, 2.45) is 0 Å². The van der Waals surface area contributed by atoms with Crippen LogP contribution in [0.5, 0.6) is 5.75 Å². The molecule has 0 aliphatic carbocycles. The average molecular weight is 255 g/mol. The molecule has 0 unspecified atom stereocenters. The molecule has 1 N–H and O–H groups in total. The number of hydrogen-bond acceptors (Lipinski definition) is 4. The summed E-state index contributed by atoms with van der Waals surface area (Å²) in [4.78, 5) is 11.5. The number of hydrogen-bond donors (Lipinski definition) is 1. The molecule has 0 aliphatic rings. The lowest BCUT2D eigenvalue weighted by atomic mass is 10.1. The topological polar surface area (TPSA) is 74.2 Å². The minimum Gasteiger partial charge on any atom is -0.506 e. The van der Waals surface area contributed by atoms with E-state index in [-0.39, 0.29) is 10.9 Å². The van der Waals surface area contributed by atoms with Crippen molar-refractivity contribution < 1.29 is 22.7 Å². The summed E-state index contributed by atoms with van der Waals surface area (Å²) < 4.78 is 41.7. The number of aromatic hydroxyl groups is 1. The summed E-state index contributed by atoms with van der Waals surface area (Å²) in [5.74, 6) is -2.00. The van der Waals surface area contributed by atoms with Gasteiger partial charge < -0.3 is 9.52 Å². The van der Waals surface area contributed by atoms with Crippen molar-refractivity contribution in [2.75, 3.05) is 0 Å². The Morgan fingerprint density at radius 1 is 1.28 bits per heavy atom. The van der Waals surface area contributed by atoms with Gasteiger partial charge in [0.2, 0.25) is 5.76 Å². The Bertz CT molecular complexity index is 725. The quantitative estimate of drug-likeness (QED) is 0.784. The summed E-state index contributed by atoms with van der Waals surface area (Å²) in [5, 5.41) is 17.8. The molecule has 2 rings (SSSR count). The van der Waals surface area contributed by atoms with Crippen LogP contribution in [0.4, 0.5) is 13.2 Å². The van der Waals surface area contributed by atoms with Crippen LogP contribution in [0.1, 0.15) is 11.3 Å². The third kappa shape index (κ3) is 1.88. The highest BCUT2D eigenvalue weighted by Gasteiger charge is 2.35. The van der Waals surface area contributed by atoms with Crippen molar-refractivity contribution in [3.63, 3.8) is 0 Å². The molecule has 1 aromatic heterocycles. The zero-order valence-electron chi connectivity index (χ0n) is 8.58. The summed E-state index contributed by atoms with van der Waals surface area (Å²) in [6.07, 6.45) is -4.79. The van der Waals surface area contributed by atoms with Crippen molar-refractivity contribution in [3.8, 4) is 11.8 Å². The molecule has 0 spiro atoms. The number of rotatable bonds is 0. The first-order valence-electron chi connectivity index (χ1n) is 4.61. The van der Waals surface area contributed by atoms with Crippen LogP contribution < -0.4 is 5.43 Å². The van der Waals surface area contributed by atoms with Crippen molar-refractivity contribution in [1.82, 2.24) is 0 Å². The fraction of sp³-hybridized carbons (Fsp3) is 0.0909. The normalized spacial score (nSPS) is 11.4. The van der Waals surface area contributed by atoms with Crippen LogP contribution in [-0.2, 0) is 6.18 Å². The molecule has 92 valence electrons. The highest BCUT2D eigenvalue weighted by Crippen LogP contribution is 2.31. The molecule has 2 aromatic rings. The summed E-state index contributed by atoms with van der Waals surface area (Å²) in [6.45, 7) is 0. The Morgan fingerprint density at radius 3 is 2.50 bits per heavy atom. The van der Waals surface area contributed by atoms with Gasteiger partial charge in [-0.15, -0.1) is 0 Å². The monoisotopic (exact) mass is 255 g/mol. The molecule has 1 aromatic carbocycles. The Kier molecular flexibility index (Phi) is 2.51. The lowest BCUT2D eigenvalue weighted by Gasteiger charge is -2.06. The van der Waals surface area contributed by atoms with Gasteiger partial charge in [0, 0.05) is 12.1 Å². The van der Waals surface area contributed by atoms with E-state index in [0.29, 0.717) is 6.07 Å². The van der Waals surface area contributed by atoms with E-state index in [9.17, 15) is 23.1 Å². The Morgan fingerprint density at radius 2 is 1.94 bits per heavy atom. The lowest BCUT2D eigenvalue weighted by molar-refractivity contribution is -0.152. The van der Waals surface area contributed by atoms with Gasteiger partial charge in [0.1, 0.15) is 17.4 Å². The predicted molar refractivity (Wildman–Crippen MR) is 53.9 cm³/mol. The predicted octanol–water partition coefficient (Wildman–Crippen LogP) is 2.39.